The van der Waals surface area contributed by atoms with E-state index in [2.05, 4.69) is 4.98 Å². The first-order chi connectivity index (χ1) is 9.63. The first-order valence-electron chi connectivity index (χ1n) is 6.10. The fourth-order valence-corrected chi connectivity index (χ4v) is 3.00. The van der Waals surface area contributed by atoms with E-state index < -0.39 is 0 Å². The third-order valence-electron chi connectivity index (χ3n) is 3.14. The molecule has 0 aliphatic carbocycles. The number of anilines is 1. The average Bonchev–Trinajstić information content (AvgIpc) is 2.96. The monoisotopic (exact) mass is 289 g/mol. The van der Waals surface area contributed by atoms with Crippen LogP contribution in [0.15, 0.2) is 24.4 Å². The summed E-state index contributed by atoms with van der Waals surface area (Å²) in [6.07, 6.45) is 1.99. The van der Waals surface area contributed by atoms with Crippen LogP contribution < -0.4 is 15.2 Å². The summed E-state index contributed by atoms with van der Waals surface area (Å²) < 4.78 is 12.5. The third-order valence-corrected chi connectivity index (χ3v) is 4.03. The maximum absolute atomic E-state index is 6.18. The summed E-state index contributed by atoms with van der Waals surface area (Å²) in [6, 6.07) is 5.66. The lowest BCUT2D eigenvalue weighted by molar-refractivity contribution is 0.355. The van der Waals surface area contributed by atoms with Gasteiger partial charge in [-0.25, -0.2) is 4.98 Å². The smallest absolute Gasteiger partial charge is 0.196 e. The number of methoxy groups -OCH3 is 2. The zero-order valence-electron chi connectivity index (χ0n) is 11.5. The summed E-state index contributed by atoms with van der Waals surface area (Å²) >= 11 is 1.62. The molecule has 0 atom stereocenters. The molecule has 0 spiro atoms. The SMILES string of the molecule is COc1ccc(-c2nc3sc(C)cn3c2N)cc1OC. The number of ether oxygens (including phenoxy) is 2. The second kappa shape index (κ2) is 4.72. The summed E-state index contributed by atoms with van der Waals surface area (Å²) in [5, 5.41) is 0. The molecule has 0 fully saturated rings. The van der Waals surface area contributed by atoms with Gasteiger partial charge in [0.05, 0.1) is 14.2 Å². The molecule has 0 aliphatic heterocycles. The molecule has 104 valence electrons. The molecule has 2 N–H and O–H groups in total. The van der Waals surface area contributed by atoms with E-state index in [0.29, 0.717) is 17.3 Å². The van der Waals surface area contributed by atoms with Crippen molar-refractivity contribution >= 4 is 22.1 Å². The average molecular weight is 289 g/mol. The molecule has 0 amide bonds. The summed E-state index contributed by atoms with van der Waals surface area (Å²) in [5.74, 6) is 1.99. The molecule has 20 heavy (non-hydrogen) atoms. The number of hydrogen-bond donors (Lipinski definition) is 1. The Morgan fingerprint density at radius 2 is 1.95 bits per heavy atom. The van der Waals surface area contributed by atoms with Gasteiger partial charge in [-0.2, -0.15) is 0 Å². The molecule has 5 nitrogen and oxygen atoms in total. The zero-order chi connectivity index (χ0) is 14.3. The fourth-order valence-electron chi connectivity index (χ4n) is 2.17. The van der Waals surface area contributed by atoms with Crippen molar-refractivity contribution in [2.24, 2.45) is 0 Å². The van der Waals surface area contributed by atoms with Crippen LogP contribution in [0.3, 0.4) is 0 Å². The molecule has 0 saturated carbocycles. The second-order valence-electron chi connectivity index (χ2n) is 4.41. The number of nitrogen functional groups attached to an aromatic ring is 1. The predicted octanol–water partition coefficient (Wildman–Crippen LogP) is 2.97. The predicted molar refractivity (Wildman–Crippen MR) is 80.8 cm³/mol. The van der Waals surface area contributed by atoms with Gasteiger partial charge >= 0.3 is 0 Å². The lowest BCUT2D eigenvalue weighted by Gasteiger charge is -2.08. The van der Waals surface area contributed by atoms with Gasteiger partial charge in [0, 0.05) is 16.6 Å². The Hall–Kier alpha value is -2.21. The zero-order valence-corrected chi connectivity index (χ0v) is 12.3. The molecular weight excluding hydrogens is 274 g/mol. The van der Waals surface area contributed by atoms with Crippen molar-refractivity contribution in [3.63, 3.8) is 0 Å². The van der Waals surface area contributed by atoms with Crippen molar-refractivity contribution < 1.29 is 9.47 Å². The van der Waals surface area contributed by atoms with Crippen LogP contribution in [0.5, 0.6) is 11.5 Å². The molecule has 0 aliphatic rings. The molecule has 2 aromatic heterocycles. The van der Waals surface area contributed by atoms with E-state index in [-0.39, 0.29) is 0 Å². The number of nitrogens with zero attached hydrogens (tertiary/aromatic N) is 2. The molecular formula is C14H15N3O2S. The molecule has 1 aromatic carbocycles. The molecule has 6 heteroatoms. The minimum Gasteiger partial charge on any atom is -0.493 e. The number of imidazole rings is 1. The van der Waals surface area contributed by atoms with Crippen LogP contribution >= 0.6 is 11.3 Å². The Kier molecular flexibility index (Phi) is 3.02. The Labute approximate surface area is 120 Å². The van der Waals surface area contributed by atoms with Crippen molar-refractivity contribution in [3.8, 4) is 22.8 Å². The van der Waals surface area contributed by atoms with E-state index in [0.717, 1.165) is 16.2 Å². The van der Waals surface area contributed by atoms with Gasteiger partial charge in [-0.05, 0) is 25.1 Å². The highest BCUT2D eigenvalue weighted by atomic mass is 32.1. The molecule has 2 heterocycles. The lowest BCUT2D eigenvalue weighted by Crippen LogP contribution is -1.94. The van der Waals surface area contributed by atoms with E-state index >= 15 is 0 Å². The standard InChI is InChI=1S/C14H15N3O2S/c1-8-7-17-13(15)12(16-14(17)20-8)9-4-5-10(18-2)11(6-9)19-3/h4-7H,15H2,1-3H3. The molecule has 0 bridgehead atoms. The number of thiazole rings is 1. The van der Waals surface area contributed by atoms with E-state index in [4.69, 9.17) is 15.2 Å². The Morgan fingerprint density at radius 1 is 1.20 bits per heavy atom. The van der Waals surface area contributed by atoms with Gasteiger partial charge in [-0.3, -0.25) is 4.40 Å². The number of hydrogen-bond acceptors (Lipinski definition) is 5. The van der Waals surface area contributed by atoms with Crippen molar-refractivity contribution in [3.05, 3.63) is 29.3 Å². The van der Waals surface area contributed by atoms with E-state index in [1.807, 2.05) is 35.7 Å². The van der Waals surface area contributed by atoms with Crippen LogP contribution in [0.1, 0.15) is 4.88 Å². The first-order valence-corrected chi connectivity index (χ1v) is 6.92. The topological polar surface area (TPSA) is 61.8 Å². The lowest BCUT2D eigenvalue weighted by atomic mass is 10.1. The van der Waals surface area contributed by atoms with Crippen LogP contribution in [0.2, 0.25) is 0 Å². The second-order valence-corrected chi connectivity index (χ2v) is 5.62. The van der Waals surface area contributed by atoms with Gasteiger partial charge < -0.3 is 15.2 Å². The van der Waals surface area contributed by atoms with Gasteiger partial charge in [0.15, 0.2) is 16.5 Å². The van der Waals surface area contributed by atoms with E-state index in [1.165, 1.54) is 4.88 Å². The maximum atomic E-state index is 6.18. The number of nitrogens with two attached hydrogens (primary N) is 1. The highest BCUT2D eigenvalue weighted by molar-refractivity contribution is 7.17. The summed E-state index contributed by atoms with van der Waals surface area (Å²) in [4.78, 5) is 6.67. The summed E-state index contributed by atoms with van der Waals surface area (Å²) in [6.45, 7) is 2.04. The van der Waals surface area contributed by atoms with Crippen molar-refractivity contribution in [1.29, 1.82) is 0 Å². The Bertz CT molecular complexity index is 776. The van der Waals surface area contributed by atoms with Crippen molar-refractivity contribution in [2.45, 2.75) is 6.92 Å². The Balaban J connectivity index is 2.15. The van der Waals surface area contributed by atoms with E-state index in [1.54, 1.807) is 25.6 Å². The van der Waals surface area contributed by atoms with Crippen LogP contribution in [0, 0.1) is 6.92 Å². The normalized spacial score (nSPS) is 10.9. The highest BCUT2D eigenvalue weighted by Gasteiger charge is 2.15. The van der Waals surface area contributed by atoms with Gasteiger partial charge in [-0.15, -0.1) is 11.3 Å². The molecule has 0 saturated heterocycles. The molecule has 0 unspecified atom stereocenters. The minimum absolute atomic E-state index is 0.636. The number of benzene rings is 1. The number of aromatic nitrogens is 2. The van der Waals surface area contributed by atoms with Crippen LogP contribution in [0.4, 0.5) is 5.82 Å². The first kappa shape index (κ1) is 12.8. The maximum Gasteiger partial charge on any atom is 0.196 e. The molecule has 3 rings (SSSR count). The van der Waals surface area contributed by atoms with Gasteiger partial charge in [0.25, 0.3) is 0 Å². The Morgan fingerprint density at radius 3 is 2.60 bits per heavy atom. The minimum atomic E-state index is 0.636. The quantitative estimate of drug-likeness (QED) is 0.805. The van der Waals surface area contributed by atoms with Gasteiger partial charge in [0.2, 0.25) is 0 Å². The van der Waals surface area contributed by atoms with Crippen LogP contribution in [-0.2, 0) is 0 Å². The fraction of sp³-hybridized carbons (Fsp3) is 0.214. The number of aryl methyl sites for hydroxylation is 1. The highest BCUT2D eigenvalue weighted by Crippen LogP contribution is 2.35. The largest absolute Gasteiger partial charge is 0.493 e. The third kappa shape index (κ3) is 1.89. The summed E-state index contributed by atoms with van der Waals surface area (Å²) in [7, 11) is 3.22. The molecule has 3 aromatic rings. The van der Waals surface area contributed by atoms with Crippen molar-refractivity contribution in [1.82, 2.24) is 9.38 Å². The van der Waals surface area contributed by atoms with E-state index in [9.17, 15) is 0 Å². The number of fused-ring (bicyclic) bond motifs is 1. The van der Waals surface area contributed by atoms with Gasteiger partial charge in [-0.1, -0.05) is 0 Å². The number of rotatable bonds is 3. The molecule has 0 radical (unpaired) electrons. The summed E-state index contributed by atoms with van der Waals surface area (Å²) in [5.41, 5.74) is 7.85. The van der Waals surface area contributed by atoms with Crippen LogP contribution in [0.25, 0.3) is 16.2 Å². The van der Waals surface area contributed by atoms with Crippen LogP contribution in [-0.4, -0.2) is 23.6 Å². The van der Waals surface area contributed by atoms with Gasteiger partial charge in [0.1, 0.15) is 11.5 Å². The van der Waals surface area contributed by atoms with Crippen molar-refractivity contribution in [2.75, 3.05) is 20.0 Å².